The molecule has 0 saturated heterocycles. The molecule has 0 aromatic heterocycles. The van der Waals surface area contributed by atoms with E-state index in [4.69, 9.17) is 0 Å². The third-order valence-corrected chi connectivity index (χ3v) is 0.374. The van der Waals surface area contributed by atoms with Crippen molar-refractivity contribution < 1.29 is 0 Å². The minimum Gasteiger partial charge on any atom is -0.254 e. The topological polar surface area (TPSA) is 12.4 Å². The highest BCUT2D eigenvalue weighted by molar-refractivity contribution is 7.03. The molecule has 0 rings (SSSR count). The number of nitrogens with zero attached hydrogens (tertiary/aromatic N) is 1. The van der Waals surface area contributed by atoms with Crippen molar-refractivity contribution in [3.63, 3.8) is 0 Å². The quantitative estimate of drug-likeness (QED) is 0.474. The molecule has 0 aliphatic heterocycles. The largest absolute Gasteiger partial charge is 0.254 e. The van der Waals surface area contributed by atoms with Crippen LogP contribution in [0.2, 0.25) is 0 Å². The fourth-order valence-corrected chi connectivity index (χ4v) is 0.173. The molecule has 8 heavy (non-hydrogen) atoms. The second-order valence-electron chi connectivity index (χ2n) is 0.613. The van der Waals surface area contributed by atoms with Crippen molar-refractivity contribution in [1.82, 2.24) is 0 Å². The van der Waals surface area contributed by atoms with Crippen molar-refractivity contribution in [3.05, 3.63) is 12.7 Å². The van der Waals surface area contributed by atoms with Gasteiger partial charge in [0.25, 0.3) is 0 Å². The zero-order valence-corrected chi connectivity index (χ0v) is 7.45. The van der Waals surface area contributed by atoms with Gasteiger partial charge in [0.1, 0.15) is 0 Å². The van der Waals surface area contributed by atoms with Gasteiger partial charge in [-0.1, -0.05) is 6.08 Å². The molecular weight excluding hydrogens is 187 g/mol. The van der Waals surface area contributed by atoms with Crippen molar-refractivity contribution in [3.8, 4) is 0 Å². The van der Waals surface area contributed by atoms with Crippen LogP contribution in [0.5, 0.6) is 0 Å². The van der Waals surface area contributed by atoms with Crippen LogP contribution in [0, 0.1) is 0 Å². The standard InChI is InChI=1S/C3H5NP.3ClH/c1-2-3-4-5;;;/h2H,1,3H2;3*1H. The van der Waals surface area contributed by atoms with Gasteiger partial charge in [0.15, 0.2) is 0 Å². The van der Waals surface area contributed by atoms with Crippen LogP contribution in [0.4, 0.5) is 0 Å². The Bertz CT molecular complexity index is 43.8. The van der Waals surface area contributed by atoms with Gasteiger partial charge >= 0.3 is 0 Å². The fraction of sp³-hybridized carbons (Fsp3) is 0.333. The van der Waals surface area contributed by atoms with Gasteiger partial charge < -0.3 is 0 Å². The third-order valence-electron chi connectivity index (χ3n) is 0.211. The summed E-state index contributed by atoms with van der Waals surface area (Å²) >= 11 is 0. The molecule has 0 fully saturated rings. The summed E-state index contributed by atoms with van der Waals surface area (Å²) in [5.41, 5.74) is 0. The molecule has 0 aromatic rings. The molecule has 0 saturated carbocycles. The lowest BCUT2D eigenvalue weighted by atomic mass is 10.7. The van der Waals surface area contributed by atoms with E-state index in [1.54, 1.807) is 6.08 Å². The highest BCUT2D eigenvalue weighted by atomic mass is 35.5. The summed E-state index contributed by atoms with van der Waals surface area (Å²) in [6, 6.07) is 0. The summed E-state index contributed by atoms with van der Waals surface area (Å²) in [5.74, 6) is 0. The average molecular weight is 195 g/mol. The Hall–Kier alpha value is 0.710. The maximum absolute atomic E-state index is 3.55. The Morgan fingerprint density at radius 3 is 1.75 bits per heavy atom. The van der Waals surface area contributed by atoms with Gasteiger partial charge in [-0.15, -0.1) is 43.8 Å². The molecule has 0 aromatic carbocycles. The van der Waals surface area contributed by atoms with Gasteiger partial charge in [-0.3, -0.25) is 4.74 Å². The molecule has 0 amide bonds. The summed E-state index contributed by atoms with van der Waals surface area (Å²) in [5, 5.41) is 0. The van der Waals surface area contributed by atoms with E-state index in [1.165, 1.54) is 0 Å². The van der Waals surface area contributed by atoms with Crippen LogP contribution in [0.25, 0.3) is 0 Å². The van der Waals surface area contributed by atoms with Gasteiger partial charge in [0.2, 0.25) is 0 Å². The Kier molecular flexibility index (Phi) is 73.6. The molecule has 0 aliphatic carbocycles. The molecule has 51 valence electrons. The zero-order chi connectivity index (χ0) is 4.12. The van der Waals surface area contributed by atoms with E-state index < -0.39 is 0 Å². The smallest absolute Gasteiger partial charge is 0.0847 e. The SMILES string of the molecule is C=CCN=[P].Cl.Cl.Cl. The molecule has 0 aliphatic rings. The first-order chi connectivity index (χ1) is 2.41. The Morgan fingerprint density at radius 1 is 1.38 bits per heavy atom. The van der Waals surface area contributed by atoms with Crippen LogP contribution in [-0.4, -0.2) is 6.54 Å². The molecular formula is C3H8Cl3NP. The summed E-state index contributed by atoms with van der Waals surface area (Å²) in [6.07, 6.45) is 1.69. The van der Waals surface area contributed by atoms with Crippen molar-refractivity contribution in [1.29, 1.82) is 0 Å². The van der Waals surface area contributed by atoms with E-state index in [9.17, 15) is 0 Å². The molecule has 5 heteroatoms. The van der Waals surface area contributed by atoms with Crippen molar-refractivity contribution in [2.75, 3.05) is 6.54 Å². The molecule has 0 heterocycles. The van der Waals surface area contributed by atoms with Gasteiger partial charge in [-0.25, -0.2) is 0 Å². The van der Waals surface area contributed by atoms with Gasteiger partial charge in [-0.05, 0) is 0 Å². The van der Waals surface area contributed by atoms with Crippen LogP contribution in [0.15, 0.2) is 17.4 Å². The first kappa shape index (κ1) is 23.3. The van der Waals surface area contributed by atoms with E-state index in [1.807, 2.05) is 0 Å². The average Bonchev–Trinajstić information content (AvgIpc) is 1.41. The first-order valence-corrected chi connectivity index (χ1v) is 1.73. The van der Waals surface area contributed by atoms with Crippen LogP contribution < -0.4 is 0 Å². The second-order valence-corrected chi connectivity index (χ2v) is 0.896. The van der Waals surface area contributed by atoms with E-state index in [2.05, 4.69) is 20.4 Å². The molecule has 0 atom stereocenters. The van der Waals surface area contributed by atoms with E-state index in [0.717, 1.165) is 0 Å². The minimum atomic E-state index is 0. The van der Waals surface area contributed by atoms with Crippen LogP contribution in [0.3, 0.4) is 0 Å². The molecule has 1 radical (unpaired) electrons. The number of hydrogen-bond acceptors (Lipinski definition) is 1. The van der Waals surface area contributed by atoms with Crippen LogP contribution in [0.1, 0.15) is 0 Å². The molecule has 0 unspecified atom stereocenters. The maximum atomic E-state index is 3.55. The monoisotopic (exact) mass is 194 g/mol. The van der Waals surface area contributed by atoms with E-state index in [0.29, 0.717) is 6.54 Å². The second kappa shape index (κ2) is 25.2. The van der Waals surface area contributed by atoms with Crippen molar-refractivity contribution in [2.24, 2.45) is 4.74 Å². The third kappa shape index (κ3) is 29.8. The molecule has 0 spiro atoms. The first-order valence-electron chi connectivity index (χ1n) is 1.33. The predicted molar refractivity (Wildman–Crippen MR) is 46.2 cm³/mol. The number of hydrogen-bond donors (Lipinski definition) is 0. The normalized spacial score (nSPS) is 4.00. The summed E-state index contributed by atoms with van der Waals surface area (Å²) in [7, 11) is 3.55. The highest BCUT2D eigenvalue weighted by Gasteiger charge is 1.53. The predicted octanol–water partition coefficient (Wildman–Crippen LogP) is 3.03. The van der Waals surface area contributed by atoms with Gasteiger partial charge in [0.05, 0.1) is 15.6 Å². The Labute approximate surface area is 70.5 Å². The molecule has 1 nitrogen and oxygen atoms in total. The van der Waals surface area contributed by atoms with E-state index in [-0.39, 0.29) is 37.2 Å². The summed E-state index contributed by atoms with van der Waals surface area (Å²) in [6.45, 7) is 4.05. The summed E-state index contributed by atoms with van der Waals surface area (Å²) in [4.78, 5) is 0. The lowest BCUT2D eigenvalue weighted by Gasteiger charge is -1.64. The Morgan fingerprint density at radius 2 is 1.75 bits per heavy atom. The van der Waals surface area contributed by atoms with Crippen LogP contribution >= 0.6 is 46.3 Å². The lowest BCUT2D eigenvalue weighted by molar-refractivity contribution is 1.29. The van der Waals surface area contributed by atoms with E-state index >= 15 is 0 Å². The van der Waals surface area contributed by atoms with Gasteiger partial charge in [0, 0.05) is 0 Å². The molecule has 0 N–H and O–H groups in total. The van der Waals surface area contributed by atoms with Crippen molar-refractivity contribution in [2.45, 2.75) is 0 Å². The fourth-order valence-electron chi connectivity index (χ4n) is 0.0577. The molecule has 0 bridgehead atoms. The Balaban J connectivity index is -0.0000000267. The number of rotatable bonds is 2. The van der Waals surface area contributed by atoms with Crippen LogP contribution in [-0.2, 0) is 0 Å². The summed E-state index contributed by atoms with van der Waals surface area (Å²) < 4.78 is 3.43. The lowest BCUT2D eigenvalue weighted by Crippen LogP contribution is -1.56. The maximum Gasteiger partial charge on any atom is 0.0847 e. The minimum absolute atomic E-state index is 0. The highest BCUT2D eigenvalue weighted by Crippen LogP contribution is 1.70. The number of halogens is 3. The van der Waals surface area contributed by atoms with Gasteiger partial charge in [-0.2, -0.15) is 0 Å². The zero-order valence-electron chi connectivity index (χ0n) is 4.11. The van der Waals surface area contributed by atoms with Crippen molar-refractivity contribution >= 4 is 46.3 Å².